The monoisotopic (exact) mass is 629 g/mol. The predicted octanol–water partition coefficient (Wildman–Crippen LogP) is 8.57. The van der Waals surface area contributed by atoms with E-state index in [9.17, 15) is 18.4 Å². The van der Waals surface area contributed by atoms with Gasteiger partial charge in [0.05, 0.1) is 28.0 Å². The van der Waals surface area contributed by atoms with E-state index in [-0.39, 0.29) is 41.1 Å². The molecule has 0 bridgehead atoms. The SMILES string of the molecule is CC(C)CCC[C@@H](c1cc(-c2ccc(Nc3ccncc3)cc2NC=O)ccn1)N1CCC(c2c(F)ccc(Cl)c2F)=CC1=O. The van der Waals surface area contributed by atoms with E-state index >= 15 is 0 Å². The number of carbonyl (C=O) groups is 2. The summed E-state index contributed by atoms with van der Waals surface area (Å²) in [5.74, 6) is -1.48. The van der Waals surface area contributed by atoms with Crippen molar-refractivity contribution in [2.45, 2.75) is 45.6 Å². The van der Waals surface area contributed by atoms with Crippen LogP contribution in [-0.2, 0) is 9.59 Å². The lowest BCUT2D eigenvalue weighted by Gasteiger charge is -2.34. The summed E-state index contributed by atoms with van der Waals surface area (Å²) in [6.45, 7) is 4.57. The minimum absolute atomic E-state index is 0.195. The van der Waals surface area contributed by atoms with Gasteiger partial charge < -0.3 is 15.5 Å². The van der Waals surface area contributed by atoms with Crippen LogP contribution in [0.1, 0.15) is 56.8 Å². The third-order valence-electron chi connectivity index (χ3n) is 7.84. The van der Waals surface area contributed by atoms with Gasteiger partial charge >= 0.3 is 0 Å². The number of nitrogens with one attached hydrogen (secondary N) is 2. The maximum absolute atomic E-state index is 14.8. The molecule has 4 aromatic rings. The van der Waals surface area contributed by atoms with Gasteiger partial charge in [0.25, 0.3) is 0 Å². The molecule has 0 saturated heterocycles. The number of amides is 2. The highest BCUT2D eigenvalue weighted by Crippen LogP contribution is 2.37. The van der Waals surface area contributed by atoms with Crippen molar-refractivity contribution in [1.82, 2.24) is 14.9 Å². The van der Waals surface area contributed by atoms with Crippen LogP contribution >= 0.6 is 11.6 Å². The highest BCUT2D eigenvalue weighted by atomic mass is 35.5. The Morgan fingerprint density at radius 2 is 1.80 bits per heavy atom. The molecule has 0 aliphatic carbocycles. The molecule has 2 N–H and O–H groups in total. The van der Waals surface area contributed by atoms with Crippen molar-refractivity contribution in [3.8, 4) is 11.1 Å². The van der Waals surface area contributed by atoms with E-state index in [1.165, 1.54) is 6.08 Å². The van der Waals surface area contributed by atoms with E-state index in [0.717, 1.165) is 47.5 Å². The van der Waals surface area contributed by atoms with Gasteiger partial charge in [0.2, 0.25) is 12.3 Å². The Kier molecular flexibility index (Phi) is 10.2. The van der Waals surface area contributed by atoms with Crippen molar-refractivity contribution in [3.63, 3.8) is 0 Å². The van der Waals surface area contributed by atoms with E-state index in [1.54, 1.807) is 23.5 Å². The molecule has 45 heavy (non-hydrogen) atoms. The fourth-order valence-corrected chi connectivity index (χ4v) is 5.78. The molecule has 1 aliphatic rings. The van der Waals surface area contributed by atoms with Crippen molar-refractivity contribution >= 4 is 46.6 Å². The Balaban J connectivity index is 1.47. The molecule has 3 heterocycles. The van der Waals surface area contributed by atoms with Crippen LogP contribution in [0.25, 0.3) is 16.7 Å². The molecule has 0 spiro atoms. The highest BCUT2D eigenvalue weighted by Gasteiger charge is 2.30. The van der Waals surface area contributed by atoms with Gasteiger partial charge in [0, 0.05) is 48.1 Å². The Hall–Kier alpha value is -4.63. The maximum atomic E-state index is 14.8. The smallest absolute Gasteiger partial charge is 0.247 e. The third kappa shape index (κ3) is 7.54. The van der Waals surface area contributed by atoms with Gasteiger partial charge in [-0.05, 0) is 78.4 Å². The fourth-order valence-electron chi connectivity index (χ4n) is 5.62. The van der Waals surface area contributed by atoms with Crippen LogP contribution in [0.4, 0.5) is 25.8 Å². The number of hydrogen-bond acceptors (Lipinski definition) is 5. The van der Waals surface area contributed by atoms with E-state index in [4.69, 9.17) is 11.6 Å². The summed E-state index contributed by atoms with van der Waals surface area (Å²) in [5, 5.41) is 5.91. The van der Waals surface area contributed by atoms with E-state index in [0.29, 0.717) is 30.1 Å². The van der Waals surface area contributed by atoms with Gasteiger partial charge in [-0.15, -0.1) is 0 Å². The van der Waals surface area contributed by atoms with Gasteiger partial charge in [-0.25, -0.2) is 8.78 Å². The number of aromatic nitrogens is 2. The molecule has 7 nitrogen and oxygen atoms in total. The highest BCUT2D eigenvalue weighted by molar-refractivity contribution is 6.31. The van der Waals surface area contributed by atoms with Crippen LogP contribution in [0, 0.1) is 17.6 Å². The van der Waals surface area contributed by atoms with Crippen LogP contribution in [0.15, 0.2) is 79.3 Å². The lowest BCUT2D eigenvalue weighted by molar-refractivity contribution is -0.129. The Morgan fingerprint density at radius 1 is 1.00 bits per heavy atom. The van der Waals surface area contributed by atoms with Crippen molar-refractivity contribution in [2.75, 3.05) is 17.2 Å². The Morgan fingerprint density at radius 3 is 2.53 bits per heavy atom. The average molecular weight is 630 g/mol. The molecular formula is C35H34ClF2N5O2. The molecule has 2 aromatic carbocycles. The topological polar surface area (TPSA) is 87.2 Å². The number of pyridine rings is 2. The zero-order valence-corrected chi connectivity index (χ0v) is 25.8. The number of nitrogens with zero attached hydrogens (tertiary/aromatic N) is 3. The quantitative estimate of drug-likeness (QED) is 0.121. The second-order valence-corrected chi connectivity index (χ2v) is 11.8. The predicted molar refractivity (Wildman–Crippen MR) is 174 cm³/mol. The second-order valence-electron chi connectivity index (χ2n) is 11.4. The first kappa shape index (κ1) is 31.8. The maximum Gasteiger partial charge on any atom is 0.247 e. The van der Waals surface area contributed by atoms with E-state index in [2.05, 4.69) is 34.4 Å². The Labute approximate surface area is 266 Å². The third-order valence-corrected chi connectivity index (χ3v) is 8.13. The Bertz CT molecular complexity index is 1710. The molecule has 0 saturated carbocycles. The minimum atomic E-state index is -0.867. The van der Waals surface area contributed by atoms with Gasteiger partial charge in [-0.1, -0.05) is 44.4 Å². The summed E-state index contributed by atoms with van der Waals surface area (Å²) >= 11 is 5.92. The van der Waals surface area contributed by atoms with Crippen LogP contribution < -0.4 is 10.6 Å². The largest absolute Gasteiger partial charge is 0.355 e. The standard InChI is InChI=1S/C35H34ClF2N5O2/c1-22(2)4-3-5-32(43-17-13-24(19-33(43)45)34-29(37)9-8-28(36)35(34)38)31-18-23(10-16-40-31)27-7-6-26(20-30(27)41-21-44)42-25-11-14-39-15-12-25/h6-12,14-16,18-22,32H,3-5,13,17H2,1-2H3,(H,39,42)(H,41,44)/t32-/m0/s1. The number of carbonyl (C=O) groups excluding carboxylic acids is 2. The molecule has 0 unspecified atom stereocenters. The number of halogens is 3. The summed E-state index contributed by atoms with van der Waals surface area (Å²) in [6, 6.07) is 15.1. The van der Waals surface area contributed by atoms with Crippen molar-refractivity contribution in [3.05, 3.63) is 107 Å². The van der Waals surface area contributed by atoms with Gasteiger partial charge in [-0.2, -0.15) is 0 Å². The molecule has 0 radical (unpaired) electrons. The summed E-state index contributed by atoms with van der Waals surface area (Å²) in [6.07, 6.45) is 9.77. The fraction of sp³-hybridized carbons (Fsp3) is 0.257. The van der Waals surface area contributed by atoms with Crippen LogP contribution in [0.3, 0.4) is 0 Å². The summed E-state index contributed by atoms with van der Waals surface area (Å²) in [4.78, 5) is 35.6. The van der Waals surface area contributed by atoms with E-state index < -0.39 is 11.6 Å². The van der Waals surface area contributed by atoms with Crippen LogP contribution in [0.2, 0.25) is 5.02 Å². The van der Waals surface area contributed by atoms with E-state index in [1.807, 2.05) is 42.5 Å². The van der Waals surface area contributed by atoms with Crippen molar-refractivity contribution < 1.29 is 18.4 Å². The van der Waals surface area contributed by atoms with Crippen LogP contribution in [0.5, 0.6) is 0 Å². The van der Waals surface area contributed by atoms with Gasteiger partial charge in [-0.3, -0.25) is 19.6 Å². The van der Waals surface area contributed by atoms with Crippen molar-refractivity contribution in [1.29, 1.82) is 0 Å². The molecule has 2 amide bonds. The molecule has 232 valence electrons. The average Bonchev–Trinajstić information content (AvgIpc) is 3.03. The molecule has 10 heteroatoms. The normalized spacial score (nSPS) is 13.9. The molecule has 1 atom stereocenters. The van der Waals surface area contributed by atoms with Crippen molar-refractivity contribution in [2.24, 2.45) is 5.92 Å². The summed E-state index contributed by atoms with van der Waals surface area (Å²) in [5.41, 5.74) is 4.55. The lowest BCUT2D eigenvalue weighted by Crippen LogP contribution is -2.38. The number of rotatable bonds is 12. The lowest BCUT2D eigenvalue weighted by atomic mass is 9.93. The minimum Gasteiger partial charge on any atom is -0.355 e. The first-order valence-electron chi connectivity index (χ1n) is 14.9. The number of benzene rings is 2. The molecule has 0 fully saturated rings. The molecular weight excluding hydrogens is 596 g/mol. The zero-order chi connectivity index (χ0) is 31.9. The first-order valence-corrected chi connectivity index (χ1v) is 15.3. The zero-order valence-electron chi connectivity index (χ0n) is 25.1. The van der Waals surface area contributed by atoms with Gasteiger partial charge in [0.15, 0.2) is 5.82 Å². The first-order chi connectivity index (χ1) is 21.7. The molecule has 5 rings (SSSR count). The number of anilines is 3. The molecule has 2 aromatic heterocycles. The second kappa shape index (κ2) is 14.4. The summed E-state index contributed by atoms with van der Waals surface area (Å²) in [7, 11) is 0. The van der Waals surface area contributed by atoms with Gasteiger partial charge in [0.1, 0.15) is 5.82 Å². The summed E-state index contributed by atoms with van der Waals surface area (Å²) < 4.78 is 29.4. The molecule has 1 aliphatic heterocycles. The number of hydrogen-bond donors (Lipinski definition) is 2. The van der Waals surface area contributed by atoms with Crippen LogP contribution in [-0.4, -0.2) is 33.7 Å².